The molecule has 0 bridgehead atoms. The Labute approximate surface area is 136 Å². The summed E-state index contributed by atoms with van der Waals surface area (Å²) in [5, 5.41) is 10.1. The molecule has 0 fully saturated rings. The highest BCUT2D eigenvalue weighted by molar-refractivity contribution is 6.33. The van der Waals surface area contributed by atoms with Crippen LogP contribution < -0.4 is 10.7 Å². The van der Waals surface area contributed by atoms with Crippen LogP contribution in [0.4, 0.5) is 5.82 Å². The third kappa shape index (κ3) is 3.08. The fourth-order valence-electron chi connectivity index (χ4n) is 2.61. The van der Waals surface area contributed by atoms with Gasteiger partial charge in [-0.25, -0.2) is 4.98 Å². The van der Waals surface area contributed by atoms with Crippen molar-refractivity contribution >= 4 is 17.4 Å². The van der Waals surface area contributed by atoms with Crippen LogP contribution in [-0.2, 0) is 6.42 Å². The number of nitrogens with two attached hydrogens (primary N) is 1. The molecule has 1 aromatic heterocycles. The maximum atomic E-state index is 9.50. The first kappa shape index (κ1) is 16.3. The molecule has 4 heteroatoms. The fraction of sp³-hybridized carbons (Fsp3) is 0.333. The number of benzene rings is 1. The predicted molar refractivity (Wildman–Crippen MR) is 90.5 cm³/mol. The van der Waals surface area contributed by atoms with Crippen LogP contribution in [0.25, 0.3) is 11.1 Å². The number of anilines is 1. The summed E-state index contributed by atoms with van der Waals surface area (Å²) in [5.74, 6) is 0.947. The highest BCUT2D eigenvalue weighted by Gasteiger charge is 2.22. The largest absolute Gasteiger partial charge is 0.289 e. The van der Waals surface area contributed by atoms with Crippen LogP contribution in [0.2, 0.25) is 5.02 Å². The second-order valence-corrected chi connectivity index (χ2v) is 6.11. The number of nitrogen functional groups attached to an aromatic ring is 1. The van der Waals surface area contributed by atoms with E-state index >= 15 is 0 Å². The van der Waals surface area contributed by atoms with Crippen molar-refractivity contribution in [3.8, 4) is 17.2 Å². The first-order valence-electron chi connectivity index (χ1n) is 7.48. The van der Waals surface area contributed by atoms with E-state index in [9.17, 15) is 5.26 Å². The molecule has 0 saturated carbocycles. The molecule has 0 amide bonds. The van der Waals surface area contributed by atoms with Gasteiger partial charge in [-0.15, -0.1) is 0 Å². The summed E-state index contributed by atoms with van der Waals surface area (Å²) in [6, 6.07) is 9.77. The molecule has 0 aliphatic rings. The number of H-pyrrole nitrogens is 1. The maximum absolute atomic E-state index is 9.50. The van der Waals surface area contributed by atoms with E-state index in [0.29, 0.717) is 22.3 Å². The Morgan fingerprint density at radius 2 is 2.05 bits per heavy atom. The lowest BCUT2D eigenvalue weighted by molar-refractivity contribution is -0.374. The van der Waals surface area contributed by atoms with Gasteiger partial charge in [0.1, 0.15) is 17.3 Å². The number of hydrogen-bond acceptors (Lipinski definition) is 2. The van der Waals surface area contributed by atoms with Gasteiger partial charge in [0.2, 0.25) is 0 Å². The molecular formula is C18H21ClN3+. The van der Waals surface area contributed by atoms with Crippen LogP contribution in [0.5, 0.6) is 0 Å². The number of nitrogens with zero attached hydrogens (tertiary/aromatic N) is 1. The quantitative estimate of drug-likeness (QED) is 0.920. The van der Waals surface area contributed by atoms with E-state index in [-0.39, 0.29) is 0 Å². The maximum Gasteiger partial charge on any atom is 0.289 e. The van der Waals surface area contributed by atoms with Gasteiger partial charge in [0.15, 0.2) is 0 Å². The van der Waals surface area contributed by atoms with Crippen LogP contribution in [0.3, 0.4) is 0 Å². The summed E-state index contributed by atoms with van der Waals surface area (Å²) < 4.78 is 0. The summed E-state index contributed by atoms with van der Waals surface area (Å²) in [4.78, 5) is 3.20. The zero-order valence-corrected chi connectivity index (χ0v) is 14.0. The lowest BCUT2D eigenvalue weighted by Gasteiger charge is -2.15. The molecule has 3 nitrogen and oxygen atoms in total. The van der Waals surface area contributed by atoms with Gasteiger partial charge in [0.05, 0.1) is 0 Å². The van der Waals surface area contributed by atoms with Crippen molar-refractivity contribution in [3.63, 3.8) is 0 Å². The molecule has 1 atom stereocenters. The molecule has 0 radical (unpaired) electrons. The number of nitrogens with one attached hydrogen (secondary N) is 1. The fourth-order valence-corrected chi connectivity index (χ4v) is 2.84. The summed E-state index contributed by atoms with van der Waals surface area (Å²) in [6.45, 7) is 6.39. The van der Waals surface area contributed by atoms with E-state index in [4.69, 9.17) is 17.3 Å². The summed E-state index contributed by atoms with van der Waals surface area (Å²) in [6.07, 6.45) is 1.99. The Morgan fingerprint density at radius 3 is 2.64 bits per heavy atom. The molecule has 0 aliphatic heterocycles. The Balaban J connectivity index is 2.71. The van der Waals surface area contributed by atoms with Gasteiger partial charge < -0.3 is 0 Å². The highest BCUT2D eigenvalue weighted by atomic mass is 35.5. The van der Waals surface area contributed by atoms with Gasteiger partial charge >= 0.3 is 0 Å². The molecule has 2 rings (SSSR count). The van der Waals surface area contributed by atoms with Gasteiger partial charge in [0, 0.05) is 28.1 Å². The SMILES string of the molecule is CC[C@H](C)Cc1[nH+]c(N)c(C#N)c(-c2ccccc2Cl)c1C. The number of pyridine rings is 1. The van der Waals surface area contributed by atoms with Crippen LogP contribution >= 0.6 is 11.6 Å². The van der Waals surface area contributed by atoms with Gasteiger partial charge in [-0.05, 0) is 18.9 Å². The summed E-state index contributed by atoms with van der Waals surface area (Å²) >= 11 is 6.34. The molecule has 3 N–H and O–H groups in total. The third-order valence-electron chi connectivity index (χ3n) is 4.14. The second kappa shape index (κ2) is 6.81. The number of hydrogen-bond donors (Lipinski definition) is 1. The lowest BCUT2D eigenvalue weighted by atomic mass is 9.91. The molecule has 0 spiro atoms. The first-order valence-corrected chi connectivity index (χ1v) is 7.86. The summed E-state index contributed by atoms with van der Waals surface area (Å²) in [5.41, 5.74) is 10.3. The zero-order valence-electron chi connectivity index (χ0n) is 13.2. The second-order valence-electron chi connectivity index (χ2n) is 5.70. The standard InChI is InChI=1S/C18H20ClN3/c1-4-11(2)9-16-12(3)17(14(10-20)18(21)22-16)13-7-5-6-8-15(13)19/h5-8,11H,4,9H2,1-3H3,(H2,21,22)/p+1/t11-/m0/s1. The van der Waals surface area contributed by atoms with E-state index < -0.39 is 0 Å². The number of aromatic amines is 1. The Morgan fingerprint density at radius 1 is 1.36 bits per heavy atom. The van der Waals surface area contributed by atoms with Crippen molar-refractivity contribution < 1.29 is 4.98 Å². The van der Waals surface area contributed by atoms with Crippen LogP contribution in [0, 0.1) is 24.2 Å². The van der Waals surface area contributed by atoms with Crippen molar-refractivity contribution in [2.45, 2.75) is 33.6 Å². The minimum Gasteiger partial charge on any atom is -0.286 e. The third-order valence-corrected chi connectivity index (χ3v) is 4.47. The van der Waals surface area contributed by atoms with E-state index in [2.05, 4.69) is 24.9 Å². The molecule has 2 aromatic rings. The van der Waals surface area contributed by atoms with E-state index in [1.807, 2.05) is 31.2 Å². The number of nitriles is 1. The van der Waals surface area contributed by atoms with Crippen molar-refractivity contribution in [3.05, 3.63) is 46.1 Å². The normalized spacial score (nSPS) is 12.0. The lowest BCUT2D eigenvalue weighted by Crippen LogP contribution is -2.23. The van der Waals surface area contributed by atoms with Crippen LogP contribution in [0.1, 0.15) is 37.1 Å². The van der Waals surface area contributed by atoms with Crippen LogP contribution in [-0.4, -0.2) is 0 Å². The number of halogens is 1. The number of aromatic nitrogens is 1. The van der Waals surface area contributed by atoms with Gasteiger partial charge in [-0.1, -0.05) is 50.1 Å². The zero-order chi connectivity index (χ0) is 16.3. The topological polar surface area (TPSA) is 63.9 Å². The molecule has 0 saturated heterocycles. The van der Waals surface area contributed by atoms with Gasteiger partial charge in [0.25, 0.3) is 5.82 Å². The Hall–Kier alpha value is -2.05. The molecule has 22 heavy (non-hydrogen) atoms. The van der Waals surface area contributed by atoms with E-state index in [0.717, 1.165) is 35.2 Å². The van der Waals surface area contributed by atoms with Crippen molar-refractivity contribution in [1.29, 1.82) is 5.26 Å². The molecule has 0 unspecified atom stereocenters. The summed E-state index contributed by atoms with van der Waals surface area (Å²) in [7, 11) is 0. The molecule has 114 valence electrons. The Kier molecular flexibility index (Phi) is 5.05. The van der Waals surface area contributed by atoms with Crippen LogP contribution in [0.15, 0.2) is 24.3 Å². The predicted octanol–water partition coefficient (Wildman–Crippen LogP) is 4.17. The minimum atomic E-state index is 0.404. The van der Waals surface area contributed by atoms with E-state index in [1.54, 1.807) is 0 Å². The molecule has 1 aromatic carbocycles. The minimum absolute atomic E-state index is 0.404. The van der Waals surface area contributed by atoms with Gasteiger partial charge in [-0.2, -0.15) is 5.26 Å². The van der Waals surface area contributed by atoms with Gasteiger partial charge in [-0.3, -0.25) is 5.73 Å². The molecule has 1 heterocycles. The molecular weight excluding hydrogens is 294 g/mol. The van der Waals surface area contributed by atoms with Crippen molar-refractivity contribution in [2.24, 2.45) is 5.92 Å². The average Bonchev–Trinajstić information content (AvgIpc) is 2.51. The average molecular weight is 315 g/mol. The van der Waals surface area contributed by atoms with Crippen molar-refractivity contribution in [1.82, 2.24) is 0 Å². The highest BCUT2D eigenvalue weighted by Crippen LogP contribution is 2.35. The number of rotatable bonds is 4. The smallest absolute Gasteiger partial charge is 0.286 e. The first-order chi connectivity index (χ1) is 10.5. The monoisotopic (exact) mass is 314 g/mol. The van der Waals surface area contributed by atoms with Crippen molar-refractivity contribution in [2.75, 3.05) is 5.73 Å². The molecule has 0 aliphatic carbocycles. The van der Waals surface area contributed by atoms with E-state index in [1.165, 1.54) is 0 Å². The Bertz CT molecular complexity index is 732.